The standard InChI is InChI=1S/C23H36N3O4/c1-21-9-7-14(27)11-17(21)18(24-3)12-15-16-8-10-23(30-6,26(28)25-4)22(16,2)13-19(29-5)20(15)21/h7,9,11,15-16,18-20,24-25H,8,10,12-13H2,1-6H3/q-1. The zero-order valence-corrected chi connectivity index (χ0v) is 19.0. The molecule has 168 valence electrons. The Morgan fingerprint density at radius 3 is 2.60 bits per heavy atom. The summed E-state index contributed by atoms with van der Waals surface area (Å²) in [5.74, 6) is 1.00. The number of carbonyl (C=O) groups is 1. The molecule has 0 heterocycles. The minimum absolute atomic E-state index is 0.0295. The topological polar surface area (TPSA) is 85.9 Å². The minimum atomic E-state index is -0.918. The summed E-state index contributed by atoms with van der Waals surface area (Å²) in [6, 6.07) is 0.134. The van der Waals surface area contributed by atoms with E-state index in [9.17, 15) is 10.0 Å². The summed E-state index contributed by atoms with van der Waals surface area (Å²) in [5, 5.41) is 17.4. The maximum Gasteiger partial charge on any atom is 0.178 e. The zero-order valence-electron chi connectivity index (χ0n) is 19.0. The van der Waals surface area contributed by atoms with E-state index in [2.05, 4.69) is 30.7 Å². The molecule has 0 bridgehead atoms. The summed E-state index contributed by atoms with van der Waals surface area (Å²) in [6.45, 7) is 4.46. The number of likely N-dealkylation sites (N-methyl/N-ethyl adjacent to an activating group) is 1. The predicted molar refractivity (Wildman–Crippen MR) is 115 cm³/mol. The lowest BCUT2D eigenvalue weighted by atomic mass is 9.46. The predicted octanol–water partition coefficient (Wildman–Crippen LogP) is 2.39. The summed E-state index contributed by atoms with van der Waals surface area (Å²) >= 11 is 0. The van der Waals surface area contributed by atoms with Gasteiger partial charge in [-0.15, -0.1) is 0 Å². The van der Waals surface area contributed by atoms with Gasteiger partial charge in [-0.1, -0.05) is 19.9 Å². The molecule has 8 atom stereocenters. The van der Waals surface area contributed by atoms with Crippen molar-refractivity contribution in [2.75, 3.05) is 28.3 Å². The van der Waals surface area contributed by atoms with Crippen molar-refractivity contribution < 1.29 is 14.3 Å². The Kier molecular flexibility index (Phi) is 5.53. The molecular weight excluding hydrogens is 382 g/mol. The molecule has 2 N–H and O–H groups in total. The average molecular weight is 419 g/mol. The number of rotatable bonds is 5. The number of hydroxylamine groups is 1. The number of fused-ring (bicyclic) bond motifs is 5. The van der Waals surface area contributed by atoms with Crippen molar-refractivity contribution >= 4 is 5.78 Å². The number of hydrazine groups is 1. The molecule has 0 aromatic rings. The number of ether oxygens (including phenoxy) is 2. The highest BCUT2D eigenvalue weighted by Crippen LogP contribution is 2.68. The van der Waals surface area contributed by atoms with Crippen LogP contribution in [0.1, 0.15) is 39.5 Å². The van der Waals surface area contributed by atoms with Crippen molar-refractivity contribution in [1.29, 1.82) is 0 Å². The molecule has 7 nitrogen and oxygen atoms in total. The van der Waals surface area contributed by atoms with Crippen LogP contribution in [-0.2, 0) is 14.3 Å². The molecule has 0 amide bonds. The summed E-state index contributed by atoms with van der Waals surface area (Å²) in [4.78, 5) is 12.2. The van der Waals surface area contributed by atoms with Crippen molar-refractivity contribution in [3.8, 4) is 0 Å². The minimum Gasteiger partial charge on any atom is -0.770 e. The second-order valence-corrected chi connectivity index (χ2v) is 9.93. The van der Waals surface area contributed by atoms with Gasteiger partial charge in [0, 0.05) is 37.0 Å². The normalized spacial score (nSPS) is 47.7. The Balaban J connectivity index is 1.82. The number of ketones is 1. The summed E-state index contributed by atoms with van der Waals surface area (Å²) in [5.41, 5.74) is 2.44. The van der Waals surface area contributed by atoms with Crippen LogP contribution in [0.3, 0.4) is 0 Å². The second-order valence-electron chi connectivity index (χ2n) is 9.93. The molecule has 3 fully saturated rings. The number of nitrogens with one attached hydrogen (secondary N) is 2. The lowest BCUT2D eigenvalue weighted by Gasteiger charge is -2.64. The number of nitrogens with zero attached hydrogens (tertiary/aromatic N) is 1. The first-order valence-corrected chi connectivity index (χ1v) is 11.1. The van der Waals surface area contributed by atoms with Crippen molar-refractivity contribution in [2.24, 2.45) is 28.6 Å². The van der Waals surface area contributed by atoms with Crippen LogP contribution < -0.4 is 10.7 Å². The van der Waals surface area contributed by atoms with Crippen LogP contribution in [0.2, 0.25) is 0 Å². The Morgan fingerprint density at radius 1 is 1.27 bits per heavy atom. The summed E-state index contributed by atoms with van der Waals surface area (Å²) < 4.78 is 12.1. The van der Waals surface area contributed by atoms with Gasteiger partial charge in [-0.3, -0.25) is 15.4 Å². The molecule has 0 spiro atoms. The van der Waals surface area contributed by atoms with Gasteiger partial charge >= 0.3 is 0 Å². The first-order valence-electron chi connectivity index (χ1n) is 11.1. The average Bonchev–Trinajstić information content (AvgIpc) is 3.05. The third kappa shape index (κ3) is 2.69. The van der Waals surface area contributed by atoms with Gasteiger partial charge in [-0.2, -0.15) is 0 Å². The Bertz CT molecular complexity index is 770. The van der Waals surface area contributed by atoms with Gasteiger partial charge in [0.05, 0.1) is 6.10 Å². The van der Waals surface area contributed by atoms with Crippen LogP contribution in [0.15, 0.2) is 23.8 Å². The molecular formula is C23H36N3O4-. The van der Waals surface area contributed by atoms with Gasteiger partial charge in [-0.05, 0) is 69.3 Å². The molecule has 0 aromatic carbocycles. The zero-order chi connectivity index (χ0) is 21.9. The van der Waals surface area contributed by atoms with E-state index < -0.39 is 5.72 Å². The van der Waals surface area contributed by atoms with Crippen LogP contribution in [0.25, 0.3) is 0 Å². The Labute approximate surface area is 179 Å². The molecule has 0 aromatic heterocycles. The maximum absolute atomic E-state index is 13.0. The molecule has 4 aliphatic rings. The lowest BCUT2D eigenvalue weighted by Crippen LogP contribution is -2.66. The quantitative estimate of drug-likeness (QED) is 0.524. The van der Waals surface area contributed by atoms with E-state index in [-0.39, 0.29) is 34.7 Å². The third-order valence-electron chi connectivity index (χ3n) is 9.12. The molecule has 0 radical (unpaired) electrons. The highest BCUT2D eigenvalue weighted by atomic mass is 16.6. The highest BCUT2D eigenvalue weighted by molar-refractivity contribution is 6.01. The van der Waals surface area contributed by atoms with Gasteiger partial charge in [0.15, 0.2) is 5.78 Å². The largest absolute Gasteiger partial charge is 0.770 e. The molecule has 3 saturated carbocycles. The van der Waals surface area contributed by atoms with Crippen LogP contribution in [0.5, 0.6) is 0 Å². The number of methoxy groups -OCH3 is 2. The molecule has 4 aliphatic carbocycles. The molecule has 4 rings (SSSR count). The van der Waals surface area contributed by atoms with E-state index in [1.165, 1.54) is 5.57 Å². The monoisotopic (exact) mass is 418 g/mol. The van der Waals surface area contributed by atoms with Crippen molar-refractivity contribution in [3.63, 3.8) is 0 Å². The summed E-state index contributed by atoms with van der Waals surface area (Å²) in [6.07, 6.45) is 8.93. The maximum atomic E-state index is 13.0. The molecule has 8 unspecified atom stereocenters. The van der Waals surface area contributed by atoms with Gasteiger partial charge in [0.2, 0.25) is 0 Å². The number of hydrogen-bond acceptors (Lipinski definition) is 7. The molecule has 0 aliphatic heterocycles. The summed E-state index contributed by atoms with van der Waals surface area (Å²) in [7, 11) is 7.05. The fourth-order valence-electron chi connectivity index (χ4n) is 7.78. The van der Waals surface area contributed by atoms with E-state index in [1.807, 2.05) is 13.1 Å². The third-order valence-corrected chi connectivity index (χ3v) is 9.12. The van der Waals surface area contributed by atoms with Crippen LogP contribution >= 0.6 is 0 Å². The van der Waals surface area contributed by atoms with E-state index in [4.69, 9.17) is 9.47 Å². The highest BCUT2D eigenvalue weighted by Gasteiger charge is 2.68. The first-order chi connectivity index (χ1) is 14.2. The van der Waals surface area contributed by atoms with E-state index >= 15 is 0 Å². The Hall–Kier alpha value is -1.09. The van der Waals surface area contributed by atoms with Gasteiger partial charge < -0.3 is 20.0 Å². The number of carbonyl (C=O) groups excluding carboxylic acids is 1. The SMILES string of the molecule is CNC1CC2C(C(OC)CC3(C)C2CCC3(OC)N([O-])NC)C2(C)C=CC(=O)C=C12. The molecule has 0 saturated heterocycles. The van der Waals surface area contributed by atoms with Gasteiger partial charge in [-0.25, -0.2) is 0 Å². The molecule has 7 heteroatoms. The van der Waals surface area contributed by atoms with Crippen LogP contribution in [-0.4, -0.2) is 57.1 Å². The van der Waals surface area contributed by atoms with Crippen LogP contribution in [0, 0.1) is 33.8 Å². The number of hydrogen-bond donors (Lipinski definition) is 2. The van der Waals surface area contributed by atoms with Crippen molar-refractivity contribution in [3.05, 3.63) is 29.0 Å². The van der Waals surface area contributed by atoms with E-state index in [0.29, 0.717) is 18.3 Å². The van der Waals surface area contributed by atoms with Gasteiger partial charge in [0.1, 0.15) is 5.72 Å². The Morgan fingerprint density at radius 2 is 2.00 bits per heavy atom. The number of allylic oxidation sites excluding steroid dienone is 3. The fraction of sp³-hybridized carbons (Fsp3) is 0.783. The fourth-order valence-corrected chi connectivity index (χ4v) is 7.78. The van der Waals surface area contributed by atoms with E-state index in [0.717, 1.165) is 24.4 Å². The van der Waals surface area contributed by atoms with Crippen molar-refractivity contribution in [2.45, 2.75) is 57.4 Å². The first kappa shape index (κ1) is 22.1. The smallest absolute Gasteiger partial charge is 0.178 e. The van der Waals surface area contributed by atoms with Gasteiger partial charge in [0.25, 0.3) is 0 Å². The van der Waals surface area contributed by atoms with Crippen LogP contribution in [0.4, 0.5) is 0 Å². The molecule has 30 heavy (non-hydrogen) atoms. The van der Waals surface area contributed by atoms with Crippen molar-refractivity contribution in [1.82, 2.24) is 15.9 Å². The van der Waals surface area contributed by atoms with E-state index in [1.54, 1.807) is 27.3 Å². The second kappa shape index (κ2) is 7.50. The lowest BCUT2D eigenvalue weighted by molar-refractivity contribution is -0.239.